The van der Waals surface area contributed by atoms with Gasteiger partial charge in [0.1, 0.15) is 5.82 Å². The predicted octanol–water partition coefficient (Wildman–Crippen LogP) is 4.90. The Morgan fingerprint density at radius 3 is 2.62 bits per heavy atom. The van der Waals surface area contributed by atoms with Gasteiger partial charge in [-0.15, -0.1) is 0 Å². The zero-order valence-electron chi connectivity index (χ0n) is 10.4. The number of hydrogen-bond donors (Lipinski definition) is 1. The first-order valence-electron chi connectivity index (χ1n) is 5.69. The highest BCUT2D eigenvalue weighted by atomic mass is 79.9. The SMILES string of the molecule is O=[N+]([O-])c1cc(NCc2cc(Br)ccc2Cl)c(F)cc1F. The molecule has 1 N–H and O–H groups in total. The first kappa shape index (κ1) is 15.7. The molecule has 0 amide bonds. The molecule has 0 unspecified atom stereocenters. The third kappa shape index (κ3) is 3.68. The van der Waals surface area contributed by atoms with Crippen LogP contribution in [0.15, 0.2) is 34.8 Å². The van der Waals surface area contributed by atoms with Crippen molar-refractivity contribution in [2.24, 2.45) is 0 Å². The van der Waals surface area contributed by atoms with E-state index >= 15 is 0 Å². The number of nitrogens with one attached hydrogen (secondary N) is 1. The van der Waals surface area contributed by atoms with Gasteiger partial charge >= 0.3 is 5.69 Å². The molecule has 21 heavy (non-hydrogen) atoms. The number of nitro groups is 1. The van der Waals surface area contributed by atoms with Crippen molar-refractivity contribution in [3.05, 3.63) is 67.1 Å². The highest BCUT2D eigenvalue weighted by Gasteiger charge is 2.18. The summed E-state index contributed by atoms with van der Waals surface area (Å²) in [6.07, 6.45) is 0. The Bertz CT molecular complexity index is 713. The van der Waals surface area contributed by atoms with E-state index in [2.05, 4.69) is 21.2 Å². The van der Waals surface area contributed by atoms with Gasteiger partial charge < -0.3 is 5.32 Å². The van der Waals surface area contributed by atoms with Gasteiger partial charge in [0.05, 0.1) is 10.6 Å². The van der Waals surface area contributed by atoms with Gasteiger partial charge in [-0.2, -0.15) is 4.39 Å². The Kier molecular flexibility index (Phi) is 4.74. The molecule has 0 radical (unpaired) electrons. The minimum Gasteiger partial charge on any atom is -0.378 e. The van der Waals surface area contributed by atoms with Crippen molar-refractivity contribution >= 4 is 38.9 Å². The Labute approximate surface area is 132 Å². The molecule has 0 aliphatic heterocycles. The maximum atomic E-state index is 13.6. The summed E-state index contributed by atoms with van der Waals surface area (Å²) in [4.78, 5) is 9.74. The second kappa shape index (κ2) is 6.36. The lowest BCUT2D eigenvalue weighted by Gasteiger charge is -2.09. The van der Waals surface area contributed by atoms with Crippen LogP contribution in [0.3, 0.4) is 0 Å². The third-order valence-electron chi connectivity index (χ3n) is 2.71. The first-order valence-corrected chi connectivity index (χ1v) is 6.87. The number of rotatable bonds is 4. The van der Waals surface area contributed by atoms with Crippen molar-refractivity contribution in [2.75, 3.05) is 5.32 Å². The van der Waals surface area contributed by atoms with Crippen LogP contribution in [-0.2, 0) is 6.54 Å². The number of benzene rings is 2. The normalized spacial score (nSPS) is 10.5. The molecule has 8 heteroatoms. The fraction of sp³-hybridized carbons (Fsp3) is 0.0769. The molecule has 0 bridgehead atoms. The zero-order chi connectivity index (χ0) is 15.6. The molecule has 0 saturated carbocycles. The molecule has 4 nitrogen and oxygen atoms in total. The molecule has 0 aliphatic carbocycles. The van der Waals surface area contributed by atoms with E-state index in [1.165, 1.54) is 0 Å². The van der Waals surface area contributed by atoms with Crippen LogP contribution in [0.1, 0.15) is 5.56 Å². The smallest absolute Gasteiger partial charge is 0.307 e. The predicted molar refractivity (Wildman–Crippen MR) is 79.5 cm³/mol. The van der Waals surface area contributed by atoms with Crippen molar-refractivity contribution in [2.45, 2.75) is 6.54 Å². The largest absolute Gasteiger partial charge is 0.378 e. The van der Waals surface area contributed by atoms with Crippen LogP contribution in [0, 0.1) is 21.7 Å². The fourth-order valence-electron chi connectivity index (χ4n) is 1.68. The second-order valence-corrected chi connectivity index (χ2v) is 5.45. The molecule has 0 spiro atoms. The lowest BCUT2D eigenvalue weighted by Crippen LogP contribution is -2.04. The lowest BCUT2D eigenvalue weighted by molar-refractivity contribution is -0.387. The van der Waals surface area contributed by atoms with Gasteiger partial charge in [0.2, 0.25) is 5.82 Å². The summed E-state index contributed by atoms with van der Waals surface area (Å²) >= 11 is 9.26. The van der Waals surface area contributed by atoms with Crippen molar-refractivity contribution in [1.29, 1.82) is 0 Å². The Morgan fingerprint density at radius 2 is 1.95 bits per heavy atom. The van der Waals surface area contributed by atoms with E-state index in [9.17, 15) is 18.9 Å². The van der Waals surface area contributed by atoms with E-state index in [1.54, 1.807) is 18.2 Å². The van der Waals surface area contributed by atoms with Crippen molar-refractivity contribution in [3.63, 3.8) is 0 Å². The maximum Gasteiger partial charge on any atom is 0.307 e. The molecule has 0 saturated heterocycles. The van der Waals surface area contributed by atoms with Crippen LogP contribution in [0.4, 0.5) is 20.2 Å². The summed E-state index contributed by atoms with van der Waals surface area (Å²) in [5, 5.41) is 13.8. The monoisotopic (exact) mass is 376 g/mol. The molecule has 2 aromatic rings. The number of anilines is 1. The standard InChI is InChI=1S/C13H8BrClF2N2O2/c14-8-1-2-9(15)7(3-8)6-18-12-5-13(19(20)21)11(17)4-10(12)16/h1-5,18H,6H2. The minimum absolute atomic E-state index is 0.137. The molecule has 110 valence electrons. The van der Waals surface area contributed by atoms with Gasteiger partial charge in [0.25, 0.3) is 0 Å². The molecule has 0 fully saturated rings. The quantitative estimate of drug-likeness (QED) is 0.609. The van der Waals surface area contributed by atoms with E-state index < -0.39 is 22.2 Å². The number of hydrogen-bond acceptors (Lipinski definition) is 3. The Morgan fingerprint density at radius 1 is 1.24 bits per heavy atom. The average molecular weight is 378 g/mol. The van der Waals surface area contributed by atoms with Gasteiger partial charge in [-0.1, -0.05) is 27.5 Å². The second-order valence-electron chi connectivity index (χ2n) is 4.13. The summed E-state index contributed by atoms with van der Waals surface area (Å²) < 4.78 is 27.6. The van der Waals surface area contributed by atoms with E-state index in [4.69, 9.17) is 11.6 Å². The fourth-order valence-corrected chi connectivity index (χ4v) is 2.28. The van der Waals surface area contributed by atoms with Gasteiger partial charge in [-0.05, 0) is 23.8 Å². The van der Waals surface area contributed by atoms with E-state index in [-0.39, 0.29) is 12.2 Å². The van der Waals surface area contributed by atoms with E-state index in [0.717, 1.165) is 10.5 Å². The van der Waals surface area contributed by atoms with Crippen LogP contribution in [0.2, 0.25) is 5.02 Å². The first-order chi connectivity index (χ1) is 9.88. The van der Waals surface area contributed by atoms with Gasteiger partial charge in [-0.3, -0.25) is 10.1 Å². The molecule has 0 aromatic heterocycles. The lowest BCUT2D eigenvalue weighted by atomic mass is 10.2. The van der Waals surface area contributed by atoms with Crippen LogP contribution < -0.4 is 5.32 Å². The van der Waals surface area contributed by atoms with Crippen LogP contribution >= 0.6 is 27.5 Å². The van der Waals surface area contributed by atoms with Crippen LogP contribution in [-0.4, -0.2) is 4.92 Å². The summed E-state index contributed by atoms with van der Waals surface area (Å²) in [5.41, 5.74) is -0.296. The Hall–Kier alpha value is -1.73. The molecule has 0 aliphatic rings. The number of nitrogens with zero attached hydrogens (tertiary/aromatic N) is 1. The maximum absolute atomic E-state index is 13.6. The summed E-state index contributed by atoms with van der Waals surface area (Å²) in [7, 11) is 0. The van der Waals surface area contributed by atoms with Gasteiger partial charge in [0, 0.05) is 28.2 Å². The van der Waals surface area contributed by atoms with Crippen LogP contribution in [0.25, 0.3) is 0 Å². The highest BCUT2D eigenvalue weighted by Crippen LogP contribution is 2.27. The van der Waals surface area contributed by atoms with Crippen molar-refractivity contribution in [1.82, 2.24) is 0 Å². The molecular formula is C13H8BrClF2N2O2. The molecule has 0 atom stereocenters. The van der Waals surface area contributed by atoms with Crippen molar-refractivity contribution < 1.29 is 13.7 Å². The number of nitro benzene ring substituents is 1. The van der Waals surface area contributed by atoms with E-state index in [0.29, 0.717) is 16.7 Å². The summed E-state index contributed by atoms with van der Waals surface area (Å²) in [6, 6.07) is 6.42. The zero-order valence-corrected chi connectivity index (χ0v) is 12.7. The molecular weight excluding hydrogens is 370 g/mol. The summed E-state index contributed by atoms with van der Waals surface area (Å²) in [6.45, 7) is 0.137. The summed E-state index contributed by atoms with van der Waals surface area (Å²) in [5.74, 6) is -2.13. The Balaban J connectivity index is 2.25. The molecule has 0 heterocycles. The molecule has 2 rings (SSSR count). The highest BCUT2D eigenvalue weighted by molar-refractivity contribution is 9.10. The van der Waals surface area contributed by atoms with Crippen molar-refractivity contribution in [3.8, 4) is 0 Å². The average Bonchev–Trinajstić information content (AvgIpc) is 2.41. The topological polar surface area (TPSA) is 55.2 Å². The van der Waals surface area contributed by atoms with Gasteiger partial charge in [0.15, 0.2) is 0 Å². The minimum atomic E-state index is -1.22. The van der Waals surface area contributed by atoms with Gasteiger partial charge in [-0.25, -0.2) is 4.39 Å². The molecule has 2 aromatic carbocycles. The van der Waals surface area contributed by atoms with Crippen LogP contribution in [0.5, 0.6) is 0 Å². The van der Waals surface area contributed by atoms with E-state index in [1.807, 2.05) is 0 Å². The third-order valence-corrected chi connectivity index (χ3v) is 3.57. The number of halogens is 4.